The predicted octanol–water partition coefficient (Wildman–Crippen LogP) is 4.36. The Balaban J connectivity index is 2.11. The van der Waals surface area contributed by atoms with Gasteiger partial charge in [0.1, 0.15) is 0 Å². The van der Waals surface area contributed by atoms with Gasteiger partial charge in [-0.15, -0.1) is 0 Å². The van der Waals surface area contributed by atoms with E-state index in [-0.39, 0.29) is 5.75 Å². The molecule has 2 aromatic rings. The summed E-state index contributed by atoms with van der Waals surface area (Å²) >= 11 is 0. The molecule has 0 atom stereocenters. The summed E-state index contributed by atoms with van der Waals surface area (Å²) < 4.78 is 5.41. The lowest BCUT2D eigenvalue weighted by Gasteiger charge is -2.14. The number of nitrogens with one attached hydrogen (secondary N) is 1. The molecule has 0 unspecified atom stereocenters. The molecule has 2 rings (SSSR count). The van der Waals surface area contributed by atoms with Crippen LogP contribution in [0.2, 0.25) is 0 Å². The summed E-state index contributed by atoms with van der Waals surface area (Å²) in [6.07, 6.45) is 2.16. The standard InChI is InChI=1S/C18H23NO2/c1-3-8-14-9-5-6-11-16(14)19-13-15-10-7-12-17(18(15)20)21-4-2/h5-7,9-12,19-20H,3-4,8,13H2,1-2H3. The first kappa shape index (κ1) is 15.2. The highest BCUT2D eigenvalue weighted by Crippen LogP contribution is 2.30. The van der Waals surface area contributed by atoms with Crippen molar-refractivity contribution in [3.63, 3.8) is 0 Å². The van der Waals surface area contributed by atoms with Crippen molar-refractivity contribution < 1.29 is 9.84 Å². The van der Waals surface area contributed by atoms with Crippen LogP contribution in [0, 0.1) is 0 Å². The third-order valence-electron chi connectivity index (χ3n) is 3.39. The molecule has 0 saturated carbocycles. The van der Waals surface area contributed by atoms with Crippen LogP contribution in [0.1, 0.15) is 31.4 Å². The Labute approximate surface area is 126 Å². The van der Waals surface area contributed by atoms with Gasteiger partial charge in [0.25, 0.3) is 0 Å². The van der Waals surface area contributed by atoms with Crippen LogP contribution < -0.4 is 10.1 Å². The molecule has 0 aliphatic rings. The maximum absolute atomic E-state index is 10.2. The highest BCUT2D eigenvalue weighted by molar-refractivity contribution is 5.53. The molecule has 112 valence electrons. The van der Waals surface area contributed by atoms with Gasteiger partial charge in [0.2, 0.25) is 0 Å². The molecule has 2 N–H and O–H groups in total. The van der Waals surface area contributed by atoms with E-state index in [9.17, 15) is 5.11 Å². The molecule has 0 saturated heterocycles. The first-order chi connectivity index (χ1) is 10.3. The van der Waals surface area contributed by atoms with Crippen molar-refractivity contribution in [3.8, 4) is 11.5 Å². The van der Waals surface area contributed by atoms with E-state index in [1.165, 1.54) is 5.56 Å². The molecule has 0 radical (unpaired) electrons. The summed E-state index contributed by atoms with van der Waals surface area (Å²) in [4.78, 5) is 0. The van der Waals surface area contributed by atoms with Gasteiger partial charge in [0.15, 0.2) is 11.5 Å². The fourth-order valence-corrected chi connectivity index (χ4v) is 2.35. The zero-order valence-corrected chi connectivity index (χ0v) is 12.7. The smallest absolute Gasteiger partial charge is 0.162 e. The van der Waals surface area contributed by atoms with Crippen LogP contribution in [0.5, 0.6) is 11.5 Å². The van der Waals surface area contributed by atoms with E-state index in [0.717, 1.165) is 24.1 Å². The Hall–Kier alpha value is -2.16. The number of anilines is 1. The van der Waals surface area contributed by atoms with Gasteiger partial charge >= 0.3 is 0 Å². The maximum Gasteiger partial charge on any atom is 0.162 e. The Morgan fingerprint density at radius 3 is 2.52 bits per heavy atom. The van der Waals surface area contributed by atoms with Gasteiger partial charge < -0.3 is 15.2 Å². The van der Waals surface area contributed by atoms with Crippen molar-refractivity contribution in [1.82, 2.24) is 0 Å². The number of aryl methyl sites for hydroxylation is 1. The molecule has 0 amide bonds. The van der Waals surface area contributed by atoms with Crippen LogP contribution in [-0.4, -0.2) is 11.7 Å². The topological polar surface area (TPSA) is 41.5 Å². The Kier molecular flexibility index (Phi) is 5.50. The zero-order chi connectivity index (χ0) is 15.1. The van der Waals surface area contributed by atoms with Gasteiger partial charge in [0, 0.05) is 17.8 Å². The van der Waals surface area contributed by atoms with Crippen LogP contribution in [0.3, 0.4) is 0 Å². The van der Waals surface area contributed by atoms with Gasteiger partial charge in [-0.25, -0.2) is 0 Å². The number of para-hydroxylation sites is 2. The summed E-state index contributed by atoms with van der Waals surface area (Å²) in [5.41, 5.74) is 3.27. The Morgan fingerprint density at radius 1 is 1.00 bits per heavy atom. The molecule has 0 heterocycles. The number of phenolic OH excluding ortho intramolecular Hbond substituents is 1. The zero-order valence-electron chi connectivity index (χ0n) is 12.7. The minimum atomic E-state index is 0.222. The van der Waals surface area contributed by atoms with Crippen LogP contribution in [0.25, 0.3) is 0 Å². The number of aromatic hydroxyl groups is 1. The van der Waals surface area contributed by atoms with Crippen molar-refractivity contribution >= 4 is 5.69 Å². The number of rotatable bonds is 7. The SMILES string of the molecule is CCCc1ccccc1NCc1cccc(OCC)c1O. The van der Waals surface area contributed by atoms with Gasteiger partial charge in [-0.05, 0) is 31.0 Å². The van der Waals surface area contributed by atoms with Crippen molar-refractivity contribution in [1.29, 1.82) is 0 Å². The molecule has 0 spiro atoms. The lowest BCUT2D eigenvalue weighted by Crippen LogP contribution is -2.03. The van der Waals surface area contributed by atoms with E-state index < -0.39 is 0 Å². The number of hydrogen-bond acceptors (Lipinski definition) is 3. The second-order valence-electron chi connectivity index (χ2n) is 4.96. The maximum atomic E-state index is 10.2. The molecule has 0 aromatic heterocycles. The van der Waals surface area contributed by atoms with Crippen molar-refractivity contribution in [2.75, 3.05) is 11.9 Å². The summed E-state index contributed by atoms with van der Waals surface area (Å²) in [6.45, 7) is 5.21. The fourth-order valence-electron chi connectivity index (χ4n) is 2.35. The average Bonchev–Trinajstić information content (AvgIpc) is 2.50. The number of benzene rings is 2. The largest absolute Gasteiger partial charge is 0.504 e. The van der Waals surface area contributed by atoms with Crippen LogP contribution in [-0.2, 0) is 13.0 Å². The first-order valence-electron chi connectivity index (χ1n) is 7.51. The van der Waals surface area contributed by atoms with Crippen LogP contribution in [0.15, 0.2) is 42.5 Å². The third-order valence-corrected chi connectivity index (χ3v) is 3.39. The summed E-state index contributed by atoms with van der Waals surface area (Å²) in [5, 5.41) is 13.6. The highest BCUT2D eigenvalue weighted by Gasteiger charge is 2.08. The highest BCUT2D eigenvalue weighted by atomic mass is 16.5. The van der Waals surface area contributed by atoms with Gasteiger partial charge in [0.05, 0.1) is 6.61 Å². The summed E-state index contributed by atoms with van der Waals surface area (Å²) in [6, 6.07) is 13.9. The van der Waals surface area contributed by atoms with Gasteiger partial charge in [-0.3, -0.25) is 0 Å². The first-order valence-corrected chi connectivity index (χ1v) is 7.51. The number of phenols is 1. The van der Waals surface area contributed by atoms with Gasteiger partial charge in [-0.1, -0.05) is 43.7 Å². The lowest BCUT2D eigenvalue weighted by atomic mass is 10.1. The summed E-state index contributed by atoms with van der Waals surface area (Å²) in [7, 11) is 0. The predicted molar refractivity (Wildman–Crippen MR) is 87.0 cm³/mol. The molecule has 2 aromatic carbocycles. The molecule has 0 bridgehead atoms. The summed E-state index contributed by atoms with van der Waals surface area (Å²) in [5.74, 6) is 0.762. The molecule has 3 nitrogen and oxygen atoms in total. The van der Waals surface area contributed by atoms with Gasteiger partial charge in [-0.2, -0.15) is 0 Å². The molecule has 0 aliphatic carbocycles. The molecular formula is C18H23NO2. The molecular weight excluding hydrogens is 262 g/mol. The molecule has 3 heteroatoms. The Bertz CT molecular complexity index is 581. The second kappa shape index (κ2) is 7.58. The average molecular weight is 285 g/mol. The van der Waals surface area contributed by atoms with E-state index in [0.29, 0.717) is 18.9 Å². The number of ether oxygens (including phenoxy) is 1. The van der Waals surface area contributed by atoms with Crippen molar-refractivity contribution in [2.45, 2.75) is 33.2 Å². The Morgan fingerprint density at radius 2 is 1.76 bits per heavy atom. The quantitative estimate of drug-likeness (QED) is 0.794. The lowest BCUT2D eigenvalue weighted by molar-refractivity contribution is 0.317. The van der Waals surface area contributed by atoms with E-state index in [4.69, 9.17) is 4.74 Å². The molecule has 0 fully saturated rings. The van der Waals surface area contributed by atoms with E-state index in [2.05, 4.69) is 30.4 Å². The van der Waals surface area contributed by atoms with Crippen molar-refractivity contribution in [3.05, 3.63) is 53.6 Å². The fraction of sp³-hybridized carbons (Fsp3) is 0.333. The normalized spacial score (nSPS) is 10.4. The van der Waals surface area contributed by atoms with Crippen molar-refractivity contribution in [2.24, 2.45) is 0 Å². The van der Waals surface area contributed by atoms with E-state index in [1.807, 2.05) is 25.1 Å². The third kappa shape index (κ3) is 3.91. The number of hydrogen-bond donors (Lipinski definition) is 2. The van der Waals surface area contributed by atoms with E-state index in [1.54, 1.807) is 6.07 Å². The minimum Gasteiger partial charge on any atom is -0.504 e. The minimum absolute atomic E-state index is 0.222. The van der Waals surface area contributed by atoms with Crippen LogP contribution in [0.4, 0.5) is 5.69 Å². The second-order valence-corrected chi connectivity index (χ2v) is 4.96. The molecule has 0 aliphatic heterocycles. The van der Waals surface area contributed by atoms with Crippen LogP contribution >= 0.6 is 0 Å². The van der Waals surface area contributed by atoms with E-state index >= 15 is 0 Å². The molecule has 21 heavy (non-hydrogen) atoms. The monoisotopic (exact) mass is 285 g/mol.